The van der Waals surface area contributed by atoms with Crippen molar-refractivity contribution < 1.29 is 34.4 Å². The van der Waals surface area contributed by atoms with E-state index in [9.17, 15) is 15.3 Å². The number of pyridine rings is 5. The van der Waals surface area contributed by atoms with Gasteiger partial charge in [0.1, 0.15) is 33.4 Å². The number of methoxy groups -OCH3 is 2. The second-order valence-electron chi connectivity index (χ2n) is 15.3. The van der Waals surface area contributed by atoms with Crippen LogP contribution >= 0.6 is 0 Å². The Morgan fingerprint density at radius 2 is 1.13 bits per heavy atom. The third kappa shape index (κ3) is 6.10. The number of nitrogens with zero attached hydrogens (tertiary/aromatic N) is 7. The van der Waals surface area contributed by atoms with Crippen molar-refractivity contribution in [1.82, 2.24) is 34.7 Å². The molecule has 2 fully saturated rings. The normalized spacial score (nSPS) is 23.1. The van der Waals surface area contributed by atoms with Crippen molar-refractivity contribution in [2.45, 2.75) is 30.8 Å². The lowest BCUT2D eigenvalue weighted by Crippen LogP contribution is -2.77. The summed E-state index contributed by atoms with van der Waals surface area (Å²) in [5.74, 6) is -1.67. The van der Waals surface area contributed by atoms with Crippen LogP contribution in [0.2, 0.25) is 0 Å². The van der Waals surface area contributed by atoms with E-state index in [-0.39, 0.29) is 31.1 Å². The molecule has 0 spiro atoms. The highest BCUT2D eigenvalue weighted by molar-refractivity contribution is 5.87. The Hall–Kier alpha value is -6.87. The van der Waals surface area contributed by atoms with E-state index in [1.54, 1.807) is 97.5 Å². The number of aliphatic hydroxyl groups is 1. The highest BCUT2D eigenvalue weighted by Crippen LogP contribution is 2.64. The molecule has 5 aromatic heterocycles. The summed E-state index contributed by atoms with van der Waals surface area (Å²) in [5.41, 5.74) is -0.946. The molecule has 0 saturated carbocycles. The van der Waals surface area contributed by atoms with E-state index in [1.807, 2.05) is 46.2 Å². The lowest BCUT2D eigenvalue weighted by atomic mass is 9.53. The molecule has 302 valence electrons. The lowest BCUT2D eigenvalue weighted by Gasteiger charge is -2.65. The first-order chi connectivity index (χ1) is 29.2. The molecule has 0 radical (unpaired) electrons. The van der Waals surface area contributed by atoms with Gasteiger partial charge in [0.2, 0.25) is 0 Å². The average Bonchev–Trinajstić information content (AvgIpc) is 3.28. The van der Waals surface area contributed by atoms with Gasteiger partial charge in [-0.25, -0.2) is 9.97 Å². The number of hydrogen-bond donors (Lipinski definition) is 3. The van der Waals surface area contributed by atoms with Crippen LogP contribution in [0.3, 0.4) is 0 Å². The monoisotopic (exact) mass is 803 g/mol. The maximum atomic E-state index is 15.1. The van der Waals surface area contributed by atoms with E-state index in [0.29, 0.717) is 50.3 Å². The molecule has 2 saturated heterocycles. The summed E-state index contributed by atoms with van der Waals surface area (Å²) in [7, 11) is 2.51. The predicted molar refractivity (Wildman–Crippen MR) is 219 cm³/mol. The van der Waals surface area contributed by atoms with Gasteiger partial charge in [-0.15, -0.1) is 0 Å². The summed E-state index contributed by atoms with van der Waals surface area (Å²) < 4.78 is 11.4. The van der Waals surface area contributed by atoms with E-state index in [2.05, 4.69) is 4.98 Å². The van der Waals surface area contributed by atoms with Gasteiger partial charge >= 0.3 is 11.9 Å². The van der Waals surface area contributed by atoms with Crippen molar-refractivity contribution in [1.29, 1.82) is 0 Å². The minimum atomic E-state index is -1.95. The van der Waals surface area contributed by atoms with Gasteiger partial charge in [-0.05, 0) is 60.7 Å². The first-order valence-corrected chi connectivity index (χ1v) is 19.4. The molecule has 2 aliphatic rings. The van der Waals surface area contributed by atoms with Gasteiger partial charge in [-0.3, -0.25) is 34.3 Å². The van der Waals surface area contributed by atoms with Crippen molar-refractivity contribution >= 4 is 33.7 Å². The summed E-state index contributed by atoms with van der Waals surface area (Å²) in [5, 5.41) is 36.8. The topological polar surface area (TPSA) is 184 Å². The van der Waals surface area contributed by atoms with Crippen molar-refractivity contribution in [2.75, 3.05) is 27.3 Å². The van der Waals surface area contributed by atoms with Crippen molar-refractivity contribution in [3.63, 3.8) is 0 Å². The van der Waals surface area contributed by atoms with Crippen molar-refractivity contribution in [3.8, 4) is 11.5 Å². The number of benzene rings is 2. The summed E-state index contributed by atoms with van der Waals surface area (Å²) >= 11 is 0. The quantitative estimate of drug-likeness (QED) is 0.156. The van der Waals surface area contributed by atoms with Gasteiger partial charge in [-0.2, -0.15) is 0 Å². The summed E-state index contributed by atoms with van der Waals surface area (Å²) in [4.78, 5) is 58.4. The number of hydrogen-bond acceptors (Lipinski definition) is 14. The van der Waals surface area contributed by atoms with Gasteiger partial charge in [0.05, 0.1) is 66.9 Å². The molecular formula is C46H41N7O7. The molecule has 14 heteroatoms. The highest BCUT2D eigenvalue weighted by atomic mass is 16.5. The molecule has 0 aliphatic carbocycles. The zero-order chi connectivity index (χ0) is 41.6. The molecule has 2 aromatic carbocycles. The number of carbonyl (C=O) groups is 2. The number of piperidine rings is 2. The first-order valence-electron chi connectivity index (χ1n) is 19.4. The number of carbonyl (C=O) groups excluding carboxylic acids is 2. The Morgan fingerprint density at radius 3 is 1.57 bits per heavy atom. The molecule has 7 heterocycles. The second-order valence-corrected chi connectivity index (χ2v) is 15.3. The van der Waals surface area contributed by atoms with E-state index in [0.717, 1.165) is 0 Å². The molecule has 60 heavy (non-hydrogen) atoms. The van der Waals surface area contributed by atoms with Crippen LogP contribution in [0.1, 0.15) is 46.6 Å². The number of fused-ring (bicyclic) bond motifs is 4. The van der Waals surface area contributed by atoms with Gasteiger partial charge in [0.15, 0.2) is 0 Å². The third-order valence-corrected chi connectivity index (χ3v) is 12.0. The first kappa shape index (κ1) is 38.6. The summed E-state index contributed by atoms with van der Waals surface area (Å²) in [6.07, 6.45) is 3.17. The molecule has 7 aromatic rings. The fraction of sp³-hybridized carbons (Fsp3) is 0.239. The zero-order valence-electron chi connectivity index (χ0n) is 32.7. The van der Waals surface area contributed by atoms with Crippen LogP contribution in [0, 0.1) is 10.8 Å². The van der Waals surface area contributed by atoms with Crippen LogP contribution < -0.4 is 0 Å². The Balaban J connectivity index is 1.37. The number of ether oxygens (including phenoxy) is 2. The van der Waals surface area contributed by atoms with Gasteiger partial charge in [0, 0.05) is 49.0 Å². The van der Waals surface area contributed by atoms with Crippen LogP contribution in [0.4, 0.5) is 0 Å². The zero-order valence-corrected chi connectivity index (χ0v) is 32.7. The Kier molecular flexibility index (Phi) is 9.90. The smallest absolute Gasteiger partial charge is 0.317 e. The van der Waals surface area contributed by atoms with E-state index >= 15 is 9.59 Å². The molecule has 3 N–H and O–H groups in total. The molecule has 14 nitrogen and oxygen atoms in total. The predicted octanol–water partition coefficient (Wildman–Crippen LogP) is 5.46. The van der Waals surface area contributed by atoms with Gasteiger partial charge < -0.3 is 24.8 Å². The number of likely N-dealkylation sites (tertiary alicyclic amines) is 2. The molecular weight excluding hydrogens is 763 g/mol. The van der Waals surface area contributed by atoms with Crippen molar-refractivity contribution in [2.24, 2.45) is 10.8 Å². The molecule has 4 atom stereocenters. The highest BCUT2D eigenvalue weighted by Gasteiger charge is 2.76. The molecule has 2 aliphatic heterocycles. The number of aromatic nitrogens is 5. The minimum Gasteiger partial charge on any atom is -0.506 e. The number of phenolic OH excluding ortho intramolecular Hbond substituents is 2. The molecule has 0 amide bonds. The number of aromatic hydroxyl groups is 2. The molecule has 9 rings (SSSR count). The van der Waals surface area contributed by atoms with Gasteiger partial charge in [-0.1, -0.05) is 54.6 Å². The van der Waals surface area contributed by atoms with Crippen LogP contribution in [0.25, 0.3) is 21.8 Å². The molecule has 4 unspecified atom stereocenters. The lowest BCUT2D eigenvalue weighted by molar-refractivity contribution is -0.257. The van der Waals surface area contributed by atoms with Crippen LogP contribution in [0.5, 0.6) is 11.5 Å². The Labute approximate surface area is 344 Å². The molecule has 2 bridgehead atoms. The number of esters is 2. The van der Waals surface area contributed by atoms with Crippen LogP contribution in [0.15, 0.2) is 134 Å². The average molecular weight is 804 g/mol. The fourth-order valence-electron chi connectivity index (χ4n) is 9.64. The second kappa shape index (κ2) is 15.4. The van der Waals surface area contributed by atoms with Crippen molar-refractivity contribution in [3.05, 3.63) is 162 Å². The van der Waals surface area contributed by atoms with E-state index < -0.39 is 47.0 Å². The largest absolute Gasteiger partial charge is 0.506 e. The number of para-hydroxylation sites is 2. The minimum absolute atomic E-state index is 0.0455. The summed E-state index contributed by atoms with van der Waals surface area (Å²) in [6.45, 7) is -0.311. The maximum absolute atomic E-state index is 15.1. The van der Waals surface area contributed by atoms with Crippen LogP contribution in [-0.4, -0.2) is 95.4 Å². The fourth-order valence-corrected chi connectivity index (χ4v) is 9.64. The summed E-state index contributed by atoms with van der Waals surface area (Å²) in [6, 6.07) is 30.6. The third-order valence-electron chi connectivity index (χ3n) is 12.0. The maximum Gasteiger partial charge on any atom is 0.317 e. The standard InChI is InChI=1S/C46H41N7O7/c1-59-43(57)45-26-52(39(31-20-18-28-11-9-16-35(54)37(28)50-31)32-21-19-29-12-10-17-36(55)38(29)51-32)27-46(42(45)56,44(58)60-2)41(34-15-5-8-24-49-34)53(25-30-13-3-6-22-47-30)40(45)33-14-4-7-23-48-33/h3-24,39-42,54-56H,25-27H2,1-2H3. The Bertz CT molecular complexity index is 2550. The van der Waals surface area contributed by atoms with Gasteiger partial charge in [0.25, 0.3) is 0 Å². The SMILES string of the molecule is COC(=O)C12CN(C(c3ccc4cccc(O)c4n3)c3ccc4cccc(O)c4n3)CC(C(=O)OC)(C(c3ccccn3)N(Cc3ccccn3)C1c1ccccn1)C2O. The number of aliphatic hydroxyl groups excluding tert-OH is 1. The number of phenols is 2. The van der Waals surface area contributed by atoms with Crippen LogP contribution in [-0.2, 0) is 25.6 Å². The van der Waals surface area contributed by atoms with E-state index in [4.69, 9.17) is 29.4 Å². The Morgan fingerprint density at radius 1 is 0.650 bits per heavy atom. The number of rotatable bonds is 9. The van der Waals surface area contributed by atoms with E-state index in [1.165, 1.54) is 14.2 Å².